The molecule has 1 nitrogen and oxygen atoms in total. The Morgan fingerprint density at radius 3 is 2.80 bits per heavy atom. The molecule has 0 amide bonds. The molecule has 15 heavy (non-hydrogen) atoms. The number of anilines is 1. The van der Waals surface area contributed by atoms with Crippen LogP contribution in [0.2, 0.25) is 5.02 Å². The summed E-state index contributed by atoms with van der Waals surface area (Å²) in [5, 5.41) is 3.76. The van der Waals surface area contributed by atoms with Gasteiger partial charge in [-0.1, -0.05) is 29.3 Å². The van der Waals surface area contributed by atoms with Crippen LogP contribution in [-0.4, -0.2) is 0 Å². The fourth-order valence-electron chi connectivity index (χ4n) is 1.55. The van der Waals surface area contributed by atoms with Crippen molar-refractivity contribution in [3.63, 3.8) is 0 Å². The van der Waals surface area contributed by atoms with Gasteiger partial charge in [-0.2, -0.15) is 0 Å². The van der Waals surface area contributed by atoms with E-state index in [-0.39, 0.29) is 0 Å². The van der Waals surface area contributed by atoms with Crippen LogP contribution < -0.4 is 5.73 Å². The second kappa shape index (κ2) is 4.25. The van der Waals surface area contributed by atoms with Gasteiger partial charge in [0.2, 0.25) is 0 Å². The molecule has 0 aliphatic rings. The maximum absolute atomic E-state index is 6.13. The van der Waals surface area contributed by atoms with Crippen LogP contribution in [0.15, 0.2) is 29.6 Å². The first-order chi connectivity index (χ1) is 7.15. The highest BCUT2D eigenvalue weighted by atomic mass is 35.5. The lowest BCUT2D eigenvalue weighted by atomic mass is 10.1. The molecule has 0 fully saturated rings. The molecule has 1 aromatic heterocycles. The molecule has 0 atom stereocenters. The van der Waals surface area contributed by atoms with Gasteiger partial charge < -0.3 is 5.73 Å². The minimum absolute atomic E-state index is 0.824. The lowest BCUT2D eigenvalue weighted by Crippen LogP contribution is -1.88. The Labute approximate surface area is 98.5 Å². The van der Waals surface area contributed by atoms with E-state index in [1.807, 2.05) is 18.2 Å². The van der Waals surface area contributed by atoms with Crippen molar-refractivity contribution in [2.45, 2.75) is 13.3 Å². The fourth-order valence-corrected chi connectivity index (χ4v) is 2.39. The Kier molecular flexibility index (Phi) is 2.98. The monoisotopic (exact) mass is 237 g/mol. The van der Waals surface area contributed by atoms with Crippen molar-refractivity contribution in [3.8, 4) is 0 Å². The predicted molar refractivity (Wildman–Crippen MR) is 67.7 cm³/mol. The highest BCUT2D eigenvalue weighted by molar-refractivity contribution is 7.14. The molecule has 2 N–H and O–H groups in total. The minimum Gasteiger partial charge on any atom is -0.391 e. The molecule has 0 spiro atoms. The standard InChI is InChI=1S/C12H12ClNS/c1-8-2-3-11(13)10(4-8)5-9-6-12(14)15-7-9/h2-4,6-7H,5,14H2,1H3. The van der Waals surface area contributed by atoms with Gasteiger partial charge in [0.05, 0.1) is 5.00 Å². The van der Waals surface area contributed by atoms with Gasteiger partial charge in [0.15, 0.2) is 0 Å². The summed E-state index contributed by atoms with van der Waals surface area (Å²) in [5.41, 5.74) is 9.31. The van der Waals surface area contributed by atoms with E-state index in [0.717, 1.165) is 22.0 Å². The van der Waals surface area contributed by atoms with Crippen molar-refractivity contribution < 1.29 is 0 Å². The first-order valence-corrected chi connectivity index (χ1v) is 5.99. The van der Waals surface area contributed by atoms with Crippen molar-refractivity contribution in [1.29, 1.82) is 0 Å². The van der Waals surface area contributed by atoms with Crippen molar-refractivity contribution in [2.24, 2.45) is 0 Å². The molecule has 1 heterocycles. The van der Waals surface area contributed by atoms with Crippen molar-refractivity contribution in [2.75, 3.05) is 5.73 Å². The number of hydrogen-bond donors (Lipinski definition) is 1. The molecule has 0 saturated heterocycles. The molecule has 78 valence electrons. The van der Waals surface area contributed by atoms with Gasteiger partial charge in [0.25, 0.3) is 0 Å². The van der Waals surface area contributed by atoms with E-state index in [2.05, 4.69) is 18.4 Å². The number of thiophene rings is 1. The number of nitrogen functional groups attached to an aromatic ring is 1. The normalized spacial score (nSPS) is 10.5. The Hall–Kier alpha value is -0.990. The zero-order chi connectivity index (χ0) is 10.8. The van der Waals surface area contributed by atoms with Crippen LogP contribution in [0.3, 0.4) is 0 Å². The van der Waals surface area contributed by atoms with Gasteiger partial charge in [-0.05, 0) is 42.0 Å². The molecular weight excluding hydrogens is 226 g/mol. The van der Waals surface area contributed by atoms with E-state index >= 15 is 0 Å². The summed E-state index contributed by atoms with van der Waals surface area (Å²) < 4.78 is 0. The third-order valence-electron chi connectivity index (χ3n) is 2.27. The Balaban J connectivity index is 2.27. The summed E-state index contributed by atoms with van der Waals surface area (Å²) in [7, 11) is 0. The van der Waals surface area contributed by atoms with Gasteiger partial charge in [0, 0.05) is 5.02 Å². The molecular formula is C12H12ClNS. The van der Waals surface area contributed by atoms with Crippen LogP contribution in [-0.2, 0) is 6.42 Å². The van der Waals surface area contributed by atoms with E-state index in [9.17, 15) is 0 Å². The van der Waals surface area contributed by atoms with Crippen LogP contribution in [0.4, 0.5) is 5.00 Å². The molecule has 0 bridgehead atoms. The molecule has 1 aromatic carbocycles. The lowest BCUT2D eigenvalue weighted by Gasteiger charge is -2.03. The third kappa shape index (κ3) is 2.52. The zero-order valence-corrected chi connectivity index (χ0v) is 10.0. The third-order valence-corrected chi connectivity index (χ3v) is 3.45. The largest absolute Gasteiger partial charge is 0.391 e. The van der Waals surface area contributed by atoms with Crippen molar-refractivity contribution >= 4 is 27.9 Å². The first-order valence-electron chi connectivity index (χ1n) is 4.73. The summed E-state index contributed by atoms with van der Waals surface area (Å²) in [5.74, 6) is 0. The maximum atomic E-state index is 6.13. The predicted octanol–water partition coefficient (Wildman–Crippen LogP) is 3.88. The topological polar surface area (TPSA) is 26.0 Å². The van der Waals surface area contributed by atoms with Crippen LogP contribution >= 0.6 is 22.9 Å². The highest BCUT2D eigenvalue weighted by Gasteiger charge is 2.03. The van der Waals surface area contributed by atoms with Crippen LogP contribution in [0, 0.1) is 6.92 Å². The van der Waals surface area contributed by atoms with Gasteiger partial charge in [-0.25, -0.2) is 0 Å². The van der Waals surface area contributed by atoms with E-state index in [4.69, 9.17) is 17.3 Å². The SMILES string of the molecule is Cc1ccc(Cl)c(Cc2csc(N)c2)c1. The van der Waals surface area contributed by atoms with Crippen molar-refractivity contribution in [3.05, 3.63) is 51.4 Å². The highest BCUT2D eigenvalue weighted by Crippen LogP contribution is 2.24. The summed E-state index contributed by atoms with van der Waals surface area (Å²) >= 11 is 7.69. The van der Waals surface area contributed by atoms with Crippen molar-refractivity contribution in [1.82, 2.24) is 0 Å². The number of hydrogen-bond acceptors (Lipinski definition) is 2. The smallest absolute Gasteiger partial charge is 0.0859 e. The van der Waals surface area contributed by atoms with E-state index in [0.29, 0.717) is 0 Å². The summed E-state index contributed by atoms with van der Waals surface area (Å²) in [6.07, 6.45) is 0.855. The molecule has 0 aliphatic heterocycles. The summed E-state index contributed by atoms with van der Waals surface area (Å²) in [6.45, 7) is 2.07. The number of benzene rings is 1. The van der Waals surface area contributed by atoms with Gasteiger partial charge in [0.1, 0.15) is 0 Å². The molecule has 2 aromatic rings. The molecule has 0 radical (unpaired) electrons. The second-order valence-corrected chi connectivity index (χ2v) is 4.98. The number of halogens is 1. The van der Waals surface area contributed by atoms with E-state index < -0.39 is 0 Å². The Morgan fingerprint density at radius 2 is 2.13 bits per heavy atom. The minimum atomic E-state index is 0.824. The van der Waals surface area contributed by atoms with E-state index in [1.54, 1.807) is 11.3 Å². The number of aryl methyl sites for hydroxylation is 1. The maximum Gasteiger partial charge on any atom is 0.0859 e. The summed E-state index contributed by atoms with van der Waals surface area (Å²) in [6, 6.07) is 8.09. The van der Waals surface area contributed by atoms with Gasteiger partial charge >= 0.3 is 0 Å². The number of nitrogens with two attached hydrogens (primary N) is 1. The molecule has 0 saturated carbocycles. The summed E-state index contributed by atoms with van der Waals surface area (Å²) in [4.78, 5) is 0. The lowest BCUT2D eigenvalue weighted by molar-refractivity contribution is 1.20. The Morgan fingerprint density at radius 1 is 1.33 bits per heavy atom. The molecule has 3 heteroatoms. The zero-order valence-electron chi connectivity index (χ0n) is 8.46. The second-order valence-electron chi connectivity index (χ2n) is 3.63. The van der Waals surface area contributed by atoms with Gasteiger partial charge in [-0.3, -0.25) is 0 Å². The molecule has 0 unspecified atom stereocenters. The molecule has 2 rings (SSSR count). The Bertz CT molecular complexity index is 476. The first kappa shape index (κ1) is 10.5. The average molecular weight is 238 g/mol. The average Bonchev–Trinajstić information content (AvgIpc) is 2.58. The van der Waals surface area contributed by atoms with Crippen LogP contribution in [0.5, 0.6) is 0 Å². The number of rotatable bonds is 2. The van der Waals surface area contributed by atoms with E-state index in [1.165, 1.54) is 11.1 Å². The van der Waals surface area contributed by atoms with Gasteiger partial charge in [-0.15, -0.1) is 11.3 Å². The fraction of sp³-hybridized carbons (Fsp3) is 0.167. The van der Waals surface area contributed by atoms with Crippen LogP contribution in [0.1, 0.15) is 16.7 Å². The molecule has 0 aliphatic carbocycles. The quantitative estimate of drug-likeness (QED) is 0.843. The van der Waals surface area contributed by atoms with Crippen LogP contribution in [0.25, 0.3) is 0 Å².